The van der Waals surface area contributed by atoms with Crippen molar-refractivity contribution < 1.29 is 9.53 Å². The maximum absolute atomic E-state index is 11.9. The molecule has 3 rings (SSSR count). The summed E-state index contributed by atoms with van der Waals surface area (Å²) >= 11 is 0. The van der Waals surface area contributed by atoms with Gasteiger partial charge in [0.1, 0.15) is 6.61 Å². The summed E-state index contributed by atoms with van der Waals surface area (Å²) in [4.78, 5) is 13.8. The third-order valence-electron chi connectivity index (χ3n) is 4.00. The highest BCUT2D eigenvalue weighted by Crippen LogP contribution is 2.25. The van der Waals surface area contributed by atoms with Crippen LogP contribution in [0.4, 0.5) is 4.79 Å². The van der Waals surface area contributed by atoms with Crippen LogP contribution < -0.4 is 0 Å². The first-order chi connectivity index (χ1) is 9.66. The van der Waals surface area contributed by atoms with Crippen molar-refractivity contribution in [1.29, 1.82) is 0 Å². The average molecular weight is 269 g/mol. The Morgan fingerprint density at radius 1 is 1.20 bits per heavy atom. The summed E-state index contributed by atoms with van der Waals surface area (Å²) in [5, 5.41) is 2.41. The number of rotatable bonds is 3. The molecule has 0 bridgehead atoms. The average Bonchev–Trinajstić information content (AvgIpc) is 2.81. The van der Waals surface area contributed by atoms with Gasteiger partial charge in [0.25, 0.3) is 0 Å². The Morgan fingerprint density at radius 3 is 2.75 bits per heavy atom. The van der Waals surface area contributed by atoms with Gasteiger partial charge in [-0.15, -0.1) is 0 Å². The maximum Gasteiger partial charge on any atom is 0.410 e. The minimum Gasteiger partial charge on any atom is -0.447 e. The van der Waals surface area contributed by atoms with Crippen LogP contribution in [0.1, 0.15) is 19.4 Å². The van der Waals surface area contributed by atoms with E-state index >= 15 is 0 Å². The Labute approximate surface area is 119 Å². The van der Waals surface area contributed by atoms with Crippen LogP contribution in [0.15, 0.2) is 42.5 Å². The van der Waals surface area contributed by atoms with E-state index < -0.39 is 0 Å². The van der Waals surface area contributed by atoms with E-state index in [0.29, 0.717) is 19.1 Å². The van der Waals surface area contributed by atoms with Crippen LogP contribution in [-0.2, 0) is 11.3 Å². The molecule has 0 saturated carbocycles. The molecule has 1 atom stereocenters. The van der Waals surface area contributed by atoms with Crippen LogP contribution in [0.5, 0.6) is 0 Å². The van der Waals surface area contributed by atoms with Crippen molar-refractivity contribution in [2.45, 2.75) is 26.4 Å². The summed E-state index contributed by atoms with van der Waals surface area (Å²) < 4.78 is 5.21. The summed E-state index contributed by atoms with van der Waals surface area (Å²) in [5.41, 5.74) is 1.17. The predicted molar refractivity (Wildman–Crippen MR) is 79.5 cm³/mol. The van der Waals surface area contributed by atoms with E-state index in [2.05, 4.69) is 38.1 Å². The van der Waals surface area contributed by atoms with Crippen molar-refractivity contribution in [1.82, 2.24) is 4.90 Å². The molecule has 0 spiro atoms. The molecule has 3 nitrogen and oxygen atoms in total. The fraction of sp³-hybridized carbons (Fsp3) is 0.353. The first kappa shape index (κ1) is 13.0. The number of carbonyl (C=O) groups excluding carboxylic acids is 1. The Hall–Kier alpha value is -2.03. The molecule has 1 aliphatic rings. The molecule has 0 unspecified atom stereocenters. The van der Waals surface area contributed by atoms with Gasteiger partial charge in [-0.1, -0.05) is 56.3 Å². The SMILES string of the molecule is CC(C)[C@H]1COC(=O)N1Cc1cccc2ccccc12. The molecule has 1 heterocycles. The molecule has 0 aromatic heterocycles. The fourth-order valence-electron chi connectivity index (χ4n) is 2.81. The van der Waals surface area contributed by atoms with Crippen LogP contribution in [0.2, 0.25) is 0 Å². The molecule has 1 saturated heterocycles. The molecule has 3 heteroatoms. The number of benzene rings is 2. The number of fused-ring (bicyclic) bond motifs is 1. The molecule has 2 aromatic carbocycles. The lowest BCUT2D eigenvalue weighted by Gasteiger charge is -2.24. The van der Waals surface area contributed by atoms with E-state index in [4.69, 9.17) is 4.74 Å². The smallest absolute Gasteiger partial charge is 0.410 e. The van der Waals surface area contributed by atoms with Gasteiger partial charge in [0.05, 0.1) is 12.6 Å². The van der Waals surface area contributed by atoms with E-state index in [1.807, 2.05) is 23.1 Å². The summed E-state index contributed by atoms with van der Waals surface area (Å²) in [6.07, 6.45) is -0.198. The summed E-state index contributed by atoms with van der Waals surface area (Å²) in [7, 11) is 0. The van der Waals surface area contributed by atoms with Crippen molar-refractivity contribution in [3.63, 3.8) is 0 Å². The third kappa shape index (κ3) is 2.24. The fourth-order valence-corrected chi connectivity index (χ4v) is 2.81. The zero-order chi connectivity index (χ0) is 14.1. The van der Waals surface area contributed by atoms with Crippen LogP contribution >= 0.6 is 0 Å². The lowest BCUT2D eigenvalue weighted by molar-refractivity contribution is 0.155. The molecular weight excluding hydrogens is 250 g/mol. The van der Waals surface area contributed by atoms with Gasteiger partial charge < -0.3 is 4.74 Å². The van der Waals surface area contributed by atoms with Gasteiger partial charge in [-0.25, -0.2) is 4.79 Å². The van der Waals surface area contributed by atoms with Gasteiger partial charge in [-0.2, -0.15) is 0 Å². The van der Waals surface area contributed by atoms with Gasteiger partial charge in [0, 0.05) is 0 Å². The molecule has 1 aliphatic heterocycles. The highest BCUT2D eigenvalue weighted by atomic mass is 16.6. The third-order valence-corrected chi connectivity index (χ3v) is 4.00. The van der Waals surface area contributed by atoms with E-state index in [1.54, 1.807) is 0 Å². The summed E-state index contributed by atoms with van der Waals surface area (Å²) in [5.74, 6) is 0.399. The molecule has 0 N–H and O–H groups in total. The van der Waals surface area contributed by atoms with Crippen molar-refractivity contribution in [3.05, 3.63) is 48.0 Å². The molecule has 1 fully saturated rings. The van der Waals surface area contributed by atoms with Gasteiger partial charge in [0.15, 0.2) is 0 Å². The van der Waals surface area contributed by atoms with Crippen molar-refractivity contribution in [2.24, 2.45) is 5.92 Å². The number of hydrogen-bond acceptors (Lipinski definition) is 2. The Kier molecular flexibility index (Phi) is 3.35. The molecule has 104 valence electrons. The van der Waals surface area contributed by atoms with Gasteiger partial charge in [-0.05, 0) is 22.3 Å². The van der Waals surface area contributed by atoms with Gasteiger partial charge in [0.2, 0.25) is 0 Å². The zero-order valence-electron chi connectivity index (χ0n) is 11.9. The van der Waals surface area contributed by atoms with E-state index in [0.717, 1.165) is 0 Å². The second-order valence-corrected chi connectivity index (χ2v) is 5.65. The van der Waals surface area contributed by atoms with Gasteiger partial charge >= 0.3 is 6.09 Å². The normalized spacial score (nSPS) is 18.9. The molecule has 2 aromatic rings. The second kappa shape index (κ2) is 5.16. The quantitative estimate of drug-likeness (QED) is 0.847. The van der Waals surface area contributed by atoms with Gasteiger partial charge in [-0.3, -0.25) is 4.90 Å². The van der Waals surface area contributed by atoms with Crippen molar-refractivity contribution in [2.75, 3.05) is 6.61 Å². The maximum atomic E-state index is 11.9. The lowest BCUT2D eigenvalue weighted by Crippen LogP contribution is -2.36. The summed E-state index contributed by atoms with van der Waals surface area (Å²) in [6, 6.07) is 14.7. The zero-order valence-corrected chi connectivity index (χ0v) is 11.9. The molecule has 0 radical (unpaired) electrons. The lowest BCUT2D eigenvalue weighted by atomic mass is 10.0. The van der Waals surface area contributed by atoms with Crippen LogP contribution in [0.25, 0.3) is 10.8 Å². The van der Waals surface area contributed by atoms with E-state index in [9.17, 15) is 4.79 Å². The predicted octanol–water partition coefficient (Wildman–Crippen LogP) is 3.82. The first-order valence-electron chi connectivity index (χ1n) is 7.07. The first-order valence-corrected chi connectivity index (χ1v) is 7.07. The largest absolute Gasteiger partial charge is 0.447 e. The van der Waals surface area contributed by atoms with E-state index in [1.165, 1.54) is 16.3 Å². The molecule has 20 heavy (non-hydrogen) atoms. The molecular formula is C17H19NO2. The Bertz CT molecular complexity index is 630. The monoisotopic (exact) mass is 269 g/mol. The van der Waals surface area contributed by atoms with Crippen molar-refractivity contribution in [3.8, 4) is 0 Å². The highest BCUT2D eigenvalue weighted by Gasteiger charge is 2.34. The minimum absolute atomic E-state index is 0.168. The Balaban J connectivity index is 1.94. The van der Waals surface area contributed by atoms with Crippen LogP contribution in [-0.4, -0.2) is 23.6 Å². The second-order valence-electron chi connectivity index (χ2n) is 5.65. The highest BCUT2D eigenvalue weighted by molar-refractivity contribution is 5.86. The topological polar surface area (TPSA) is 29.5 Å². The number of carbonyl (C=O) groups is 1. The number of ether oxygens (including phenoxy) is 1. The van der Waals surface area contributed by atoms with E-state index in [-0.39, 0.29) is 12.1 Å². The number of hydrogen-bond donors (Lipinski definition) is 0. The van der Waals surface area contributed by atoms with Crippen LogP contribution in [0.3, 0.4) is 0 Å². The number of cyclic esters (lactones) is 1. The number of nitrogens with zero attached hydrogens (tertiary/aromatic N) is 1. The minimum atomic E-state index is -0.198. The summed E-state index contributed by atoms with van der Waals surface area (Å²) in [6.45, 7) is 5.37. The molecule has 1 amide bonds. The Morgan fingerprint density at radius 2 is 1.95 bits per heavy atom. The van der Waals surface area contributed by atoms with Crippen molar-refractivity contribution >= 4 is 16.9 Å². The standard InChI is InChI=1S/C17H19NO2/c1-12(2)16-11-20-17(19)18(16)10-14-8-5-7-13-6-3-4-9-15(13)14/h3-9,12,16H,10-11H2,1-2H3/t16-/m1/s1. The number of amides is 1. The van der Waals surface area contributed by atoms with Crippen LogP contribution in [0, 0.1) is 5.92 Å². The molecule has 0 aliphatic carbocycles.